The number of nitrogens with one attached hydrogen (secondary N) is 2. The summed E-state index contributed by atoms with van der Waals surface area (Å²) in [5, 5.41) is 6.09. The van der Waals surface area contributed by atoms with Crippen LogP contribution in [-0.4, -0.2) is 19.5 Å². The third-order valence-electron chi connectivity index (χ3n) is 3.74. The van der Waals surface area contributed by atoms with Gasteiger partial charge in [0.1, 0.15) is 0 Å². The van der Waals surface area contributed by atoms with Gasteiger partial charge in [0.05, 0.1) is 5.56 Å². The second-order valence-electron chi connectivity index (χ2n) is 6.28. The van der Waals surface area contributed by atoms with E-state index in [0.29, 0.717) is 18.0 Å². The number of aryl methyl sites for hydroxylation is 1. The van der Waals surface area contributed by atoms with Crippen LogP contribution < -0.4 is 10.6 Å². The summed E-state index contributed by atoms with van der Waals surface area (Å²) in [7, 11) is 1.83. The summed E-state index contributed by atoms with van der Waals surface area (Å²) in [6.45, 7) is 11.4. The van der Waals surface area contributed by atoms with Crippen molar-refractivity contribution in [2.45, 2.75) is 34.6 Å². The molecule has 0 saturated carbocycles. The van der Waals surface area contributed by atoms with Crippen molar-refractivity contribution < 1.29 is 4.79 Å². The molecule has 2 N–H and O–H groups in total. The summed E-state index contributed by atoms with van der Waals surface area (Å²) in [6.07, 6.45) is 0. The Morgan fingerprint density at radius 2 is 1.95 bits per heavy atom. The Kier molecular flexibility index (Phi) is 4.98. The van der Waals surface area contributed by atoms with Crippen molar-refractivity contribution in [2.24, 2.45) is 11.3 Å². The predicted octanol–water partition coefficient (Wildman–Crippen LogP) is 3.45. The molecule has 0 aliphatic rings. The molecule has 0 fully saturated rings. The van der Waals surface area contributed by atoms with Crippen LogP contribution in [0.4, 0.5) is 5.69 Å². The van der Waals surface area contributed by atoms with Crippen LogP contribution >= 0.6 is 0 Å². The molecule has 1 rings (SSSR count). The molecule has 1 atom stereocenters. The zero-order chi connectivity index (χ0) is 14.6. The molecule has 3 nitrogen and oxygen atoms in total. The lowest BCUT2D eigenvalue weighted by atomic mass is 9.82. The van der Waals surface area contributed by atoms with Crippen LogP contribution in [0.15, 0.2) is 18.2 Å². The summed E-state index contributed by atoms with van der Waals surface area (Å²) in [5.74, 6) is 0.420. The van der Waals surface area contributed by atoms with Crippen molar-refractivity contribution in [2.75, 3.05) is 18.9 Å². The summed E-state index contributed by atoms with van der Waals surface area (Å²) in [6, 6.07) is 5.86. The molecule has 0 aliphatic carbocycles. The average Bonchev–Trinajstić information content (AvgIpc) is 2.34. The highest BCUT2D eigenvalue weighted by Gasteiger charge is 2.21. The van der Waals surface area contributed by atoms with Gasteiger partial charge in [0.2, 0.25) is 0 Å². The summed E-state index contributed by atoms with van der Waals surface area (Å²) >= 11 is 0. The average molecular weight is 262 g/mol. The maximum Gasteiger partial charge on any atom is 0.253 e. The maximum absolute atomic E-state index is 12.3. The van der Waals surface area contributed by atoms with Gasteiger partial charge in [0, 0.05) is 19.3 Å². The van der Waals surface area contributed by atoms with Crippen molar-refractivity contribution in [1.29, 1.82) is 0 Å². The molecule has 1 aromatic carbocycles. The van der Waals surface area contributed by atoms with Gasteiger partial charge in [-0.3, -0.25) is 4.79 Å². The first kappa shape index (κ1) is 15.5. The number of hydrogen-bond acceptors (Lipinski definition) is 2. The zero-order valence-corrected chi connectivity index (χ0v) is 12.9. The Morgan fingerprint density at radius 3 is 2.47 bits per heavy atom. The molecule has 19 heavy (non-hydrogen) atoms. The number of carbonyl (C=O) groups is 1. The van der Waals surface area contributed by atoms with Crippen molar-refractivity contribution in [1.82, 2.24) is 5.32 Å². The van der Waals surface area contributed by atoms with E-state index in [9.17, 15) is 4.79 Å². The van der Waals surface area contributed by atoms with E-state index in [1.807, 2.05) is 32.2 Å². The first-order chi connectivity index (χ1) is 8.75. The minimum Gasteiger partial charge on any atom is -0.387 e. The third kappa shape index (κ3) is 4.27. The van der Waals surface area contributed by atoms with Gasteiger partial charge in [-0.25, -0.2) is 0 Å². The minimum absolute atomic E-state index is 0.0100. The lowest BCUT2D eigenvalue weighted by Gasteiger charge is -2.27. The van der Waals surface area contributed by atoms with Crippen LogP contribution in [0.5, 0.6) is 0 Å². The number of hydrogen-bond donors (Lipinski definition) is 2. The van der Waals surface area contributed by atoms with E-state index in [4.69, 9.17) is 0 Å². The first-order valence-corrected chi connectivity index (χ1v) is 6.82. The molecule has 1 aromatic rings. The van der Waals surface area contributed by atoms with Gasteiger partial charge in [0.25, 0.3) is 5.91 Å². The lowest BCUT2D eigenvalue weighted by Crippen LogP contribution is -2.34. The molecule has 0 aromatic heterocycles. The quantitative estimate of drug-likeness (QED) is 0.872. The fourth-order valence-electron chi connectivity index (χ4n) is 1.71. The van der Waals surface area contributed by atoms with E-state index in [1.54, 1.807) is 0 Å². The van der Waals surface area contributed by atoms with E-state index >= 15 is 0 Å². The molecule has 0 radical (unpaired) electrons. The Labute approximate surface area is 116 Å². The SMILES string of the molecule is CNc1ccc(C)cc1C(=O)NCC(C)C(C)(C)C. The van der Waals surface area contributed by atoms with E-state index in [2.05, 4.69) is 38.3 Å². The molecule has 0 bridgehead atoms. The number of anilines is 1. The number of carbonyl (C=O) groups excluding carboxylic acids is 1. The van der Waals surface area contributed by atoms with E-state index in [-0.39, 0.29) is 11.3 Å². The van der Waals surface area contributed by atoms with E-state index in [1.165, 1.54) is 0 Å². The summed E-state index contributed by atoms with van der Waals surface area (Å²) < 4.78 is 0. The Morgan fingerprint density at radius 1 is 1.32 bits per heavy atom. The molecular weight excluding hydrogens is 236 g/mol. The standard InChI is InChI=1S/C16H26N2O/c1-11-7-8-14(17-6)13(9-11)15(19)18-10-12(2)16(3,4)5/h7-9,12,17H,10H2,1-6H3,(H,18,19). The van der Waals surface area contributed by atoms with Gasteiger partial charge in [0.15, 0.2) is 0 Å². The van der Waals surface area contributed by atoms with Crippen LogP contribution in [-0.2, 0) is 0 Å². The van der Waals surface area contributed by atoms with Gasteiger partial charge >= 0.3 is 0 Å². The molecule has 3 heteroatoms. The van der Waals surface area contributed by atoms with Crippen LogP contribution in [0.25, 0.3) is 0 Å². The van der Waals surface area contributed by atoms with Crippen molar-refractivity contribution in [3.63, 3.8) is 0 Å². The van der Waals surface area contributed by atoms with Gasteiger partial charge in [-0.2, -0.15) is 0 Å². The van der Waals surface area contributed by atoms with E-state index in [0.717, 1.165) is 11.3 Å². The van der Waals surface area contributed by atoms with Crippen molar-refractivity contribution in [3.8, 4) is 0 Å². The molecule has 1 amide bonds. The monoisotopic (exact) mass is 262 g/mol. The van der Waals surface area contributed by atoms with E-state index < -0.39 is 0 Å². The van der Waals surface area contributed by atoms with Crippen LogP contribution in [0.3, 0.4) is 0 Å². The van der Waals surface area contributed by atoms with Crippen molar-refractivity contribution in [3.05, 3.63) is 29.3 Å². The Balaban J connectivity index is 2.76. The Bertz CT molecular complexity index is 447. The second kappa shape index (κ2) is 6.09. The van der Waals surface area contributed by atoms with Crippen LogP contribution in [0.1, 0.15) is 43.6 Å². The molecule has 0 spiro atoms. The zero-order valence-electron chi connectivity index (χ0n) is 12.9. The largest absolute Gasteiger partial charge is 0.387 e. The highest BCUT2D eigenvalue weighted by Crippen LogP contribution is 2.24. The highest BCUT2D eigenvalue weighted by molar-refractivity contribution is 5.99. The molecule has 106 valence electrons. The van der Waals surface area contributed by atoms with Crippen LogP contribution in [0.2, 0.25) is 0 Å². The molecular formula is C16H26N2O. The summed E-state index contributed by atoms with van der Waals surface area (Å²) in [5.41, 5.74) is 2.87. The van der Waals surface area contributed by atoms with Gasteiger partial charge in [-0.05, 0) is 30.4 Å². The maximum atomic E-state index is 12.3. The van der Waals surface area contributed by atoms with Gasteiger partial charge < -0.3 is 10.6 Å². The predicted molar refractivity (Wildman–Crippen MR) is 81.7 cm³/mol. The Hall–Kier alpha value is -1.51. The summed E-state index contributed by atoms with van der Waals surface area (Å²) in [4.78, 5) is 12.3. The normalized spacial score (nSPS) is 12.9. The fourth-order valence-corrected chi connectivity index (χ4v) is 1.71. The topological polar surface area (TPSA) is 41.1 Å². The van der Waals surface area contributed by atoms with Gasteiger partial charge in [-0.15, -0.1) is 0 Å². The molecule has 0 heterocycles. The number of rotatable bonds is 4. The molecule has 1 unspecified atom stereocenters. The fraction of sp³-hybridized carbons (Fsp3) is 0.562. The smallest absolute Gasteiger partial charge is 0.253 e. The number of benzene rings is 1. The third-order valence-corrected chi connectivity index (χ3v) is 3.74. The first-order valence-electron chi connectivity index (χ1n) is 6.82. The molecule has 0 saturated heterocycles. The lowest BCUT2D eigenvalue weighted by molar-refractivity contribution is 0.0938. The highest BCUT2D eigenvalue weighted by atomic mass is 16.1. The number of amides is 1. The van der Waals surface area contributed by atoms with Gasteiger partial charge in [-0.1, -0.05) is 39.3 Å². The molecule has 0 aliphatic heterocycles. The minimum atomic E-state index is -0.0100. The van der Waals surface area contributed by atoms with Crippen molar-refractivity contribution >= 4 is 11.6 Å². The second-order valence-corrected chi connectivity index (χ2v) is 6.28. The van der Waals surface area contributed by atoms with Crippen LogP contribution in [0, 0.1) is 18.3 Å².